The predicted octanol–water partition coefficient (Wildman–Crippen LogP) is 4.44. The lowest BCUT2D eigenvalue weighted by atomic mass is 10.2. The Morgan fingerprint density at radius 3 is 2.69 bits per heavy atom. The molecule has 1 amide bonds. The van der Waals surface area contributed by atoms with Crippen molar-refractivity contribution in [3.05, 3.63) is 63.5 Å². The van der Waals surface area contributed by atoms with Crippen LogP contribution in [0.5, 0.6) is 0 Å². The third-order valence-electron chi connectivity index (χ3n) is 4.06. The van der Waals surface area contributed by atoms with Gasteiger partial charge in [0.15, 0.2) is 5.82 Å². The minimum absolute atomic E-state index is 0.140. The zero-order valence-electron chi connectivity index (χ0n) is 14.5. The number of carbonyl (C=O) groups excluding carboxylic acids is 1. The third kappa shape index (κ3) is 4.34. The highest BCUT2D eigenvalue weighted by molar-refractivity contribution is 9.10. The van der Waals surface area contributed by atoms with Crippen molar-refractivity contribution in [3.63, 3.8) is 0 Å². The van der Waals surface area contributed by atoms with Crippen LogP contribution in [0.4, 0.5) is 5.82 Å². The van der Waals surface area contributed by atoms with Crippen molar-refractivity contribution in [1.82, 2.24) is 19.6 Å². The number of benzene rings is 1. The van der Waals surface area contributed by atoms with Gasteiger partial charge >= 0.3 is 0 Å². The molecule has 0 spiro atoms. The second kappa shape index (κ2) is 8.05. The average molecular weight is 437 g/mol. The van der Waals surface area contributed by atoms with Crippen molar-refractivity contribution >= 4 is 39.3 Å². The Hall–Kier alpha value is -2.12. The Balaban J connectivity index is 1.71. The number of aryl methyl sites for hydroxylation is 1. The molecule has 0 saturated heterocycles. The lowest BCUT2D eigenvalue weighted by Gasteiger charge is -2.14. The van der Waals surface area contributed by atoms with Crippen molar-refractivity contribution in [2.45, 2.75) is 32.9 Å². The number of halogens is 2. The maximum Gasteiger partial charge on any atom is 0.250 e. The number of carbonyl (C=O) groups is 1. The highest BCUT2D eigenvalue weighted by atomic mass is 79.9. The van der Waals surface area contributed by atoms with E-state index < -0.39 is 0 Å². The molecule has 3 aromatic rings. The van der Waals surface area contributed by atoms with E-state index in [-0.39, 0.29) is 11.9 Å². The molecule has 26 heavy (non-hydrogen) atoms. The second-order valence-corrected chi connectivity index (χ2v) is 7.36. The van der Waals surface area contributed by atoms with Gasteiger partial charge in [-0.15, -0.1) is 0 Å². The highest BCUT2D eigenvalue weighted by Gasteiger charge is 2.20. The summed E-state index contributed by atoms with van der Waals surface area (Å²) in [5.41, 5.74) is 2.05. The van der Waals surface area contributed by atoms with Gasteiger partial charge in [0.25, 0.3) is 0 Å². The molecule has 0 aliphatic carbocycles. The normalized spacial score (nSPS) is 12.2. The first-order valence-electron chi connectivity index (χ1n) is 8.25. The average Bonchev–Trinajstić information content (AvgIpc) is 3.16. The van der Waals surface area contributed by atoms with Crippen LogP contribution < -0.4 is 5.32 Å². The van der Waals surface area contributed by atoms with Crippen LogP contribution >= 0.6 is 27.5 Å². The lowest BCUT2D eigenvalue weighted by Crippen LogP contribution is -2.26. The van der Waals surface area contributed by atoms with Crippen LogP contribution in [0.2, 0.25) is 5.02 Å². The summed E-state index contributed by atoms with van der Waals surface area (Å²) in [5, 5.41) is 12.3. The molecule has 2 aromatic heterocycles. The fraction of sp³-hybridized carbons (Fsp3) is 0.278. The molecule has 1 atom stereocenters. The standard InChI is InChI=1S/C18H19BrClN5O/c1-3-16(25-11-14(19)9-21-25)18(26)22-17-8-12(2)24(23-17)10-13-4-6-15(20)7-5-13/h4-9,11,16H,3,10H2,1-2H3,(H,22,23,26). The molecule has 0 fully saturated rings. The van der Waals surface area contributed by atoms with Crippen LogP contribution in [0, 0.1) is 6.92 Å². The fourth-order valence-electron chi connectivity index (χ4n) is 2.68. The van der Waals surface area contributed by atoms with Crippen molar-refractivity contribution in [1.29, 1.82) is 0 Å². The summed E-state index contributed by atoms with van der Waals surface area (Å²) in [5.74, 6) is 0.394. The summed E-state index contributed by atoms with van der Waals surface area (Å²) in [6, 6.07) is 9.11. The number of nitrogens with one attached hydrogen (secondary N) is 1. The Labute approximate surface area is 165 Å². The minimum Gasteiger partial charge on any atom is -0.307 e. The third-order valence-corrected chi connectivity index (χ3v) is 4.72. The largest absolute Gasteiger partial charge is 0.307 e. The van der Waals surface area contributed by atoms with Gasteiger partial charge in [0.1, 0.15) is 6.04 Å². The number of hydrogen-bond donors (Lipinski definition) is 1. The van der Waals surface area contributed by atoms with E-state index in [1.54, 1.807) is 17.1 Å². The van der Waals surface area contributed by atoms with Crippen molar-refractivity contribution in [3.8, 4) is 0 Å². The number of rotatable bonds is 6. The Morgan fingerprint density at radius 2 is 2.08 bits per heavy atom. The Morgan fingerprint density at radius 1 is 1.35 bits per heavy atom. The summed E-state index contributed by atoms with van der Waals surface area (Å²) in [6.07, 6.45) is 4.09. The first-order valence-corrected chi connectivity index (χ1v) is 9.42. The molecule has 8 heteroatoms. The molecule has 1 aromatic carbocycles. The van der Waals surface area contributed by atoms with E-state index >= 15 is 0 Å². The summed E-state index contributed by atoms with van der Waals surface area (Å²) in [6.45, 7) is 4.52. The molecule has 3 rings (SSSR count). The highest BCUT2D eigenvalue weighted by Crippen LogP contribution is 2.18. The van der Waals surface area contributed by atoms with Gasteiger partial charge in [0.2, 0.25) is 5.91 Å². The summed E-state index contributed by atoms with van der Waals surface area (Å²) < 4.78 is 4.34. The van der Waals surface area contributed by atoms with E-state index in [1.807, 2.05) is 48.9 Å². The lowest BCUT2D eigenvalue weighted by molar-refractivity contribution is -0.119. The van der Waals surface area contributed by atoms with Gasteiger partial charge < -0.3 is 5.32 Å². The molecule has 0 saturated carbocycles. The van der Waals surface area contributed by atoms with E-state index in [0.717, 1.165) is 15.7 Å². The van der Waals surface area contributed by atoms with Gasteiger partial charge in [-0.25, -0.2) is 0 Å². The SMILES string of the molecule is CCC(C(=O)Nc1cc(C)n(Cc2ccc(Cl)cc2)n1)n1cc(Br)cn1. The predicted molar refractivity (Wildman–Crippen MR) is 105 cm³/mol. The van der Waals surface area contributed by atoms with Crippen LogP contribution in [0.25, 0.3) is 0 Å². The van der Waals surface area contributed by atoms with Gasteiger partial charge in [-0.3, -0.25) is 14.2 Å². The van der Waals surface area contributed by atoms with Gasteiger partial charge in [-0.05, 0) is 47.0 Å². The number of amides is 1. The van der Waals surface area contributed by atoms with Gasteiger partial charge in [0, 0.05) is 23.0 Å². The van der Waals surface area contributed by atoms with Crippen LogP contribution in [0.1, 0.15) is 30.6 Å². The van der Waals surface area contributed by atoms with Crippen molar-refractivity contribution in [2.24, 2.45) is 0 Å². The molecule has 2 heterocycles. The Kier molecular flexibility index (Phi) is 5.78. The molecule has 0 radical (unpaired) electrons. The zero-order valence-corrected chi connectivity index (χ0v) is 16.8. The smallest absolute Gasteiger partial charge is 0.250 e. The van der Waals surface area contributed by atoms with Crippen molar-refractivity contribution < 1.29 is 4.79 Å². The molecule has 6 nitrogen and oxygen atoms in total. The first kappa shape index (κ1) is 18.7. The number of nitrogens with zero attached hydrogens (tertiary/aromatic N) is 4. The quantitative estimate of drug-likeness (QED) is 0.621. The van der Waals surface area contributed by atoms with E-state index in [2.05, 4.69) is 31.4 Å². The van der Waals surface area contributed by atoms with E-state index in [9.17, 15) is 4.79 Å². The number of aromatic nitrogens is 4. The van der Waals surface area contributed by atoms with E-state index in [4.69, 9.17) is 11.6 Å². The Bertz CT molecular complexity index is 903. The molecule has 1 unspecified atom stereocenters. The topological polar surface area (TPSA) is 64.7 Å². The van der Waals surface area contributed by atoms with Gasteiger partial charge in [-0.1, -0.05) is 30.7 Å². The molecular formula is C18H19BrClN5O. The first-order chi connectivity index (χ1) is 12.5. The van der Waals surface area contributed by atoms with Crippen LogP contribution in [-0.4, -0.2) is 25.5 Å². The fourth-order valence-corrected chi connectivity index (χ4v) is 3.11. The molecular weight excluding hydrogens is 418 g/mol. The van der Waals surface area contributed by atoms with Crippen molar-refractivity contribution in [2.75, 3.05) is 5.32 Å². The molecule has 0 bridgehead atoms. The molecule has 1 N–H and O–H groups in total. The summed E-state index contributed by atoms with van der Waals surface area (Å²) in [7, 11) is 0. The monoisotopic (exact) mass is 435 g/mol. The summed E-state index contributed by atoms with van der Waals surface area (Å²) >= 11 is 9.28. The molecule has 136 valence electrons. The van der Waals surface area contributed by atoms with E-state index in [0.29, 0.717) is 23.8 Å². The minimum atomic E-state index is -0.386. The number of hydrogen-bond acceptors (Lipinski definition) is 3. The van der Waals surface area contributed by atoms with Crippen LogP contribution in [0.3, 0.4) is 0 Å². The molecule has 0 aliphatic rings. The molecule has 0 aliphatic heterocycles. The maximum atomic E-state index is 12.6. The van der Waals surface area contributed by atoms with Crippen LogP contribution in [-0.2, 0) is 11.3 Å². The van der Waals surface area contributed by atoms with Gasteiger partial charge in [0.05, 0.1) is 17.2 Å². The second-order valence-electron chi connectivity index (χ2n) is 6.01. The summed E-state index contributed by atoms with van der Waals surface area (Å²) in [4.78, 5) is 12.6. The maximum absolute atomic E-state index is 12.6. The van der Waals surface area contributed by atoms with E-state index in [1.165, 1.54) is 0 Å². The number of anilines is 1. The van der Waals surface area contributed by atoms with Crippen LogP contribution in [0.15, 0.2) is 47.2 Å². The zero-order chi connectivity index (χ0) is 18.7. The van der Waals surface area contributed by atoms with Gasteiger partial charge in [-0.2, -0.15) is 10.2 Å².